The summed E-state index contributed by atoms with van der Waals surface area (Å²) in [6, 6.07) is 0. The van der Waals surface area contributed by atoms with Crippen molar-refractivity contribution in [3.8, 4) is 0 Å². The molecule has 0 bridgehead atoms. The molecule has 1 rings (SSSR count). The molecule has 4 nitrogen and oxygen atoms in total. The summed E-state index contributed by atoms with van der Waals surface area (Å²) >= 11 is 0. The summed E-state index contributed by atoms with van der Waals surface area (Å²) < 4.78 is 10.8. The van der Waals surface area contributed by atoms with E-state index in [4.69, 9.17) is 9.47 Å². The van der Waals surface area contributed by atoms with E-state index in [9.17, 15) is 5.11 Å². The molecule has 0 aromatic rings. The highest BCUT2D eigenvalue weighted by atomic mass is 16.5. The second-order valence-corrected chi connectivity index (χ2v) is 5.11. The number of nitrogens with zero attached hydrogens (tertiary/aromatic N) is 1. The van der Waals surface area contributed by atoms with Crippen LogP contribution in [0.3, 0.4) is 0 Å². The van der Waals surface area contributed by atoms with Crippen molar-refractivity contribution in [2.75, 3.05) is 39.5 Å². The molecule has 1 saturated heterocycles. The SMILES string of the molecule is CCOCC1CCN(CC(O)COC(C)C)C1. The summed E-state index contributed by atoms with van der Waals surface area (Å²) in [5, 5.41) is 9.82. The third-order valence-corrected chi connectivity index (χ3v) is 3.02. The predicted molar refractivity (Wildman–Crippen MR) is 68.1 cm³/mol. The van der Waals surface area contributed by atoms with Crippen LogP contribution in [0.2, 0.25) is 0 Å². The average molecular weight is 245 g/mol. The summed E-state index contributed by atoms with van der Waals surface area (Å²) in [5.74, 6) is 0.633. The van der Waals surface area contributed by atoms with Gasteiger partial charge in [0.25, 0.3) is 0 Å². The topological polar surface area (TPSA) is 41.9 Å². The summed E-state index contributed by atoms with van der Waals surface area (Å²) in [6.45, 7) is 10.9. The number of aliphatic hydroxyl groups excluding tert-OH is 1. The van der Waals surface area contributed by atoms with Crippen molar-refractivity contribution >= 4 is 0 Å². The molecule has 2 atom stereocenters. The number of ether oxygens (including phenoxy) is 2. The van der Waals surface area contributed by atoms with Crippen LogP contribution in [0.15, 0.2) is 0 Å². The number of hydrogen-bond acceptors (Lipinski definition) is 4. The van der Waals surface area contributed by atoms with Crippen molar-refractivity contribution in [2.45, 2.75) is 39.4 Å². The van der Waals surface area contributed by atoms with Gasteiger partial charge >= 0.3 is 0 Å². The van der Waals surface area contributed by atoms with E-state index in [0.29, 0.717) is 12.5 Å². The lowest BCUT2D eigenvalue weighted by Gasteiger charge is -2.20. The van der Waals surface area contributed by atoms with E-state index in [1.165, 1.54) is 6.42 Å². The van der Waals surface area contributed by atoms with Gasteiger partial charge in [-0.2, -0.15) is 0 Å². The molecule has 1 heterocycles. The zero-order valence-electron chi connectivity index (χ0n) is 11.4. The minimum atomic E-state index is -0.372. The maximum Gasteiger partial charge on any atom is 0.0900 e. The molecule has 17 heavy (non-hydrogen) atoms. The fourth-order valence-electron chi connectivity index (χ4n) is 2.15. The Bertz CT molecular complexity index is 199. The molecule has 2 unspecified atom stereocenters. The normalized spacial score (nSPS) is 23.5. The van der Waals surface area contributed by atoms with Gasteiger partial charge in [-0.1, -0.05) is 0 Å². The minimum absolute atomic E-state index is 0.189. The number of β-amino-alcohol motifs (C(OH)–C–C–N with tert-alkyl or cyclic N) is 1. The van der Waals surface area contributed by atoms with Crippen LogP contribution in [0.4, 0.5) is 0 Å². The molecule has 4 heteroatoms. The first-order chi connectivity index (χ1) is 8.11. The lowest BCUT2D eigenvalue weighted by atomic mass is 10.1. The van der Waals surface area contributed by atoms with E-state index in [2.05, 4.69) is 4.90 Å². The van der Waals surface area contributed by atoms with Gasteiger partial charge in [0.1, 0.15) is 0 Å². The highest BCUT2D eigenvalue weighted by Crippen LogP contribution is 2.16. The van der Waals surface area contributed by atoms with Crippen LogP contribution in [-0.4, -0.2) is 61.7 Å². The van der Waals surface area contributed by atoms with Crippen LogP contribution in [0, 0.1) is 5.92 Å². The van der Waals surface area contributed by atoms with Crippen molar-refractivity contribution in [3.63, 3.8) is 0 Å². The third-order valence-electron chi connectivity index (χ3n) is 3.02. The molecule has 0 aromatic carbocycles. The van der Waals surface area contributed by atoms with E-state index in [1.54, 1.807) is 0 Å². The number of likely N-dealkylation sites (tertiary alicyclic amines) is 1. The van der Waals surface area contributed by atoms with Gasteiger partial charge < -0.3 is 19.5 Å². The molecule has 1 N–H and O–H groups in total. The Labute approximate surface area is 105 Å². The van der Waals surface area contributed by atoms with Crippen molar-refractivity contribution in [2.24, 2.45) is 5.92 Å². The first-order valence-electron chi connectivity index (χ1n) is 6.71. The van der Waals surface area contributed by atoms with Gasteiger partial charge in [-0.05, 0) is 39.7 Å². The van der Waals surface area contributed by atoms with Gasteiger partial charge in [0, 0.05) is 19.7 Å². The Balaban J connectivity index is 2.11. The number of rotatable bonds is 8. The standard InChI is InChI=1S/C13H27NO3/c1-4-16-9-12-5-6-14(7-12)8-13(15)10-17-11(2)3/h11-13,15H,4-10H2,1-3H3. The highest BCUT2D eigenvalue weighted by Gasteiger charge is 2.24. The molecule has 0 aliphatic carbocycles. The van der Waals surface area contributed by atoms with Gasteiger partial charge in [0.15, 0.2) is 0 Å². The predicted octanol–water partition coefficient (Wildman–Crippen LogP) is 1.13. The lowest BCUT2D eigenvalue weighted by molar-refractivity contribution is -0.00666. The summed E-state index contributed by atoms with van der Waals surface area (Å²) in [6.07, 6.45) is 0.995. The molecule has 0 amide bonds. The highest BCUT2D eigenvalue weighted by molar-refractivity contribution is 4.77. The molecule has 0 spiro atoms. The summed E-state index contributed by atoms with van der Waals surface area (Å²) in [4.78, 5) is 2.30. The van der Waals surface area contributed by atoms with Crippen molar-refractivity contribution in [1.82, 2.24) is 4.90 Å². The van der Waals surface area contributed by atoms with Gasteiger partial charge in [0.2, 0.25) is 0 Å². The first kappa shape index (κ1) is 14.9. The maximum absolute atomic E-state index is 9.82. The second-order valence-electron chi connectivity index (χ2n) is 5.11. The van der Waals surface area contributed by atoms with Gasteiger partial charge in [0.05, 0.1) is 25.4 Å². The monoisotopic (exact) mass is 245 g/mol. The molecular weight excluding hydrogens is 218 g/mol. The van der Waals surface area contributed by atoms with Gasteiger partial charge in [-0.3, -0.25) is 0 Å². The van der Waals surface area contributed by atoms with E-state index in [-0.39, 0.29) is 12.2 Å². The molecule has 102 valence electrons. The smallest absolute Gasteiger partial charge is 0.0900 e. The zero-order valence-corrected chi connectivity index (χ0v) is 11.4. The van der Waals surface area contributed by atoms with Crippen LogP contribution in [0.1, 0.15) is 27.2 Å². The third kappa shape index (κ3) is 6.36. The summed E-state index contributed by atoms with van der Waals surface area (Å²) in [5.41, 5.74) is 0. The van der Waals surface area contributed by atoms with E-state index < -0.39 is 0 Å². The van der Waals surface area contributed by atoms with Crippen molar-refractivity contribution in [3.05, 3.63) is 0 Å². The summed E-state index contributed by atoms with van der Waals surface area (Å²) in [7, 11) is 0. The van der Waals surface area contributed by atoms with Gasteiger partial charge in [-0.15, -0.1) is 0 Å². The van der Waals surface area contributed by atoms with Crippen LogP contribution < -0.4 is 0 Å². The molecule has 0 aromatic heterocycles. The molecule has 0 saturated carbocycles. The van der Waals surface area contributed by atoms with Crippen LogP contribution in [-0.2, 0) is 9.47 Å². The van der Waals surface area contributed by atoms with Crippen LogP contribution >= 0.6 is 0 Å². The lowest BCUT2D eigenvalue weighted by Crippen LogP contribution is -2.34. The number of hydrogen-bond donors (Lipinski definition) is 1. The average Bonchev–Trinajstić information content (AvgIpc) is 2.71. The number of aliphatic hydroxyl groups is 1. The fourth-order valence-corrected chi connectivity index (χ4v) is 2.15. The largest absolute Gasteiger partial charge is 0.389 e. The molecule has 0 radical (unpaired) electrons. The van der Waals surface area contributed by atoms with E-state index in [0.717, 1.165) is 32.8 Å². The molecule has 1 aliphatic heterocycles. The van der Waals surface area contributed by atoms with E-state index in [1.807, 2.05) is 20.8 Å². The zero-order chi connectivity index (χ0) is 12.7. The fraction of sp³-hybridized carbons (Fsp3) is 1.00. The quantitative estimate of drug-likeness (QED) is 0.696. The molecule has 1 aliphatic rings. The van der Waals surface area contributed by atoms with E-state index >= 15 is 0 Å². The Kier molecular flexibility index (Phi) is 7.04. The Morgan fingerprint density at radius 1 is 1.41 bits per heavy atom. The Morgan fingerprint density at radius 3 is 2.82 bits per heavy atom. The van der Waals surface area contributed by atoms with Crippen molar-refractivity contribution < 1.29 is 14.6 Å². The van der Waals surface area contributed by atoms with Gasteiger partial charge in [-0.25, -0.2) is 0 Å². The van der Waals surface area contributed by atoms with Crippen molar-refractivity contribution in [1.29, 1.82) is 0 Å². The van der Waals surface area contributed by atoms with Crippen LogP contribution in [0.25, 0.3) is 0 Å². The Hall–Kier alpha value is -0.160. The van der Waals surface area contributed by atoms with Crippen LogP contribution in [0.5, 0.6) is 0 Å². The molecular formula is C13H27NO3. The first-order valence-corrected chi connectivity index (χ1v) is 6.71. The second kappa shape index (κ2) is 8.03. The molecule has 1 fully saturated rings. The minimum Gasteiger partial charge on any atom is -0.389 e. The maximum atomic E-state index is 9.82. The Morgan fingerprint density at radius 2 is 2.18 bits per heavy atom.